The van der Waals surface area contributed by atoms with E-state index in [1.54, 1.807) is 30.3 Å². The highest BCUT2D eigenvalue weighted by Crippen LogP contribution is 2.08. The third-order valence-electron chi connectivity index (χ3n) is 2.84. The fourth-order valence-electron chi connectivity index (χ4n) is 1.79. The summed E-state index contributed by atoms with van der Waals surface area (Å²) in [5.74, 6) is 0.0152. The topological polar surface area (TPSA) is 58.6 Å². The normalized spacial score (nSPS) is 10.3. The third-order valence-corrected chi connectivity index (χ3v) is 3.72. The highest BCUT2D eigenvalue weighted by molar-refractivity contribution is 7.10. The second-order valence-corrected chi connectivity index (χ2v) is 5.49. The van der Waals surface area contributed by atoms with Crippen LogP contribution in [-0.2, 0) is 20.7 Å². The van der Waals surface area contributed by atoms with E-state index < -0.39 is 0 Å². The molecule has 0 saturated heterocycles. The molecule has 0 spiro atoms. The number of ether oxygens (including phenoxy) is 1. The van der Waals surface area contributed by atoms with E-state index in [0.29, 0.717) is 32.7 Å². The largest absolute Gasteiger partial charge is 0.385 e. The quantitative estimate of drug-likeness (QED) is 0.699. The summed E-state index contributed by atoms with van der Waals surface area (Å²) in [4.78, 5) is 25.9. The zero-order valence-electron chi connectivity index (χ0n) is 12.1. The Balaban J connectivity index is 2.22. The lowest BCUT2D eigenvalue weighted by molar-refractivity contribution is -0.129. The molecule has 1 rings (SSSR count). The molecule has 1 aromatic heterocycles. The molecule has 0 bridgehead atoms. The molecule has 0 saturated carbocycles. The molecule has 0 aromatic carbocycles. The Hall–Kier alpha value is -1.40. The first kappa shape index (κ1) is 16.7. The van der Waals surface area contributed by atoms with Crippen LogP contribution in [0.3, 0.4) is 0 Å². The van der Waals surface area contributed by atoms with Gasteiger partial charge in [-0.1, -0.05) is 6.07 Å². The van der Waals surface area contributed by atoms with Crippen molar-refractivity contribution in [1.29, 1.82) is 0 Å². The summed E-state index contributed by atoms with van der Waals surface area (Å²) in [6, 6.07) is 3.87. The SMILES string of the molecule is COCCCN(CCNC(=O)Cc1cccs1)C(C)=O. The molecule has 0 aliphatic rings. The molecule has 6 heteroatoms. The second-order valence-electron chi connectivity index (χ2n) is 4.46. The van der Waals surface area contributed by atoms with Crippen molar-refractivity contribution in [3.05, 3.63) is 22.4 Å². The molecule has 2 amide bonds. The third kappa shape index (κ3) is 6.68. The van der Waals surface area contributed by atoms with E-state index in [1.807, 2.05) is 17.5 Å². The summed E-state index contributed by atoms with van der Waals surface area (Å²) in [6.07, 6.45) is 1.21. The average Bonchev–Trinajstić information content (AvgIpc) is 2.89. The van der Waals surface area contributed by atoms with Gasteiger partial charge in [0.2, 0.25) is 11.8 Å². The van der Waals surface area contributed by atoms with Gasteiger partial charge in [0.15, 0.2) is 0 Å². The molecule has 1 N–H and O–H groups in total. The first-order valence-electron chi connectivity index (χ1n) is 6.67. The van der Waals surface area contributed by atoms with E-state index in [1.165, 1.54) is 0 Å². The van der Waals surface area contributed by atoms with Crippen LogP contribution in [-0.4, -0.2) is 50.1 Å². The van der Waals surface area contributed by atoms with Gasteiger partial charge in [-0.25, -0.2) is 0 Å². The van der Waals surface area contributed by atoms with E-state index in [2.05, 4.69) is 5.32 Å². The highest BCUT2D eigenvalue weighted by atomic mass is 32.1. The molecular weight excluding hydrogens is 276 g/mol. The number of hydrogen-bond acceptors (Lipinski definition) is 4. The fraction of sp³-hybridized carbons (Fsp3) is 0.571. The second kappa shape index (κ2) is 9.50. The minimum atomic E-state index is -0.00663. The fourth-order valence-corrected chi connectivity index (χ4v) is 2.49. The van der Waals surface area contributed by atoms with Crippen LogP contribution in [0.5, 0.6) is 0 Å². The lowest BCUT2D eigenvalue weighted by Crippen LogP contribution is -2.38. The van der Waals surface area contributed by atoms with Gasteiger partial charge in [-0.15, -0.1) is 11.3 Å². The van der Waals surface area contributed by atoms with Crippen LogP contribution < -0.4 is 5.32 Å². The molecule has 0 aliphatic carbocycles. The van der Waals surface area contributed by atoms with Crippen LogP contribution in [0.2, 0.25) is 0 Å². The summed E-state index contributed by atoms with van der Waals surface area (Å²) < 4.78 is 4.97. The number of amides is 2. The van der Waals surface area contributed by atoms with Crippen molar-refractivity contribution < 1.29 is 14.3 Å². The van der Waals surface area contributed by atoms with Crippen molar-refractivity contribution in [3.8, 4) is 0 Å². The first-order chi connectivity index (χ1) is 9.63. The van der Waals surface area contributed by atoms with Gasteiger partial charge in [0, 0.05) is 45.2 Å². The van der Waals surface area contributed by atoms with Crippen LogP contribution in [0, 0.1) is 0 Å². The summed E-state index contributed by atoms with van der Waals surface area (Å²) in [5, 5.41) is 4.79. The molecule has 0 aliphatic heterocycles. The minimum absolute atomic E-state index is 0.00663. The molecule has 0 fully saturated rings. The molecular formula is C14H22N2O3S. The Kier molecular flexibility index (Phi) is 7.91. The summed E-state index contributed by atoms with van der Waals surface area (Å²) in [7, 11) is 1.64. The van der Waals surface area contributed by atoms with Crippen LogP contribution in [0.1, 0.15) is 18.2 Å². The number of rotatable bonds is 9. The first-order valence-corrected chi connectivity index (χ1v) is 7.55. The maximum Gasteiger partial charge on any atom is 0.225 e. The zero-order valence-corrected chi connectivity index (χ0v) is 12.9. The van der Waals surface area contributed by atoms with Gasteiger partial charge >= 0.3 is 0 Å². The molecule has 0 unspecified atom stereocenters. The summed E-state index contributed by atoms with van der Waals surface area (Å²) in [6.45, 7) is 3.85. The van der Waals surface area contributed by atoms with Crippen LogP contribution in [0.4, 0.5) is 0 Å². The van der Waals surface area contributed by atoms with E-state index in [4.69, 9.17) is 4.74 Å². The van der Waals surface area contributed by atoms with Crippen molar-refractivity contribution in [1.82, 2.24) is 10.2 Å². The monoisotopic (exact) mass is 298 g/mol. The number of thiophene rings is 1. The van der Waals surface area contributed by atoms with Crippen molar-refractivity contribution in [3.63, 3.8) is 0 Å². The molecule has 20 heavy (non-hydrogen) atoms. The number of carbonyl (C=O) groups excluding carboxylic acids is 2. The number of carbonyl (C=O) groups is 2. The molecule has 0 atom stereocenters. The molecule has 1 aromatic rings. The summed E-state index contributed by atoms with van der Waals surface area (Å²) in [5.41, 5.74) is 0. The molecule has 5 nitrogen and oxygen atoms in total. The lowest BCUT2D eigenvalue weighted by atomic mass is 10.3. The van der Waals surface area contributed by atoms with Crippen LogP contribution in [0.25, 0.3) is 0 Å². The van der Waals surface area contributed by atoms with Crippen molar-refractivity contribution >= 4 is 23.2 Å². The summed E-state index contributed by atoms with van der Waals surface area (Å²) >= 11 is 1.57. The van der Waals surface area contributed by atoms with Gasteiger partial charge in [0.1, 0.15) is 0 Å². The Morgan fingerprint density at radius 1 is 1.40 bits per heavy atom. The lowest BCUT2D eigenvalue weighted by Gasteiger charge is -2.21. The predicted molar refractivity (Wildman–Crippen MR) is 79.8 cm³/mol. The van der Waals surface area contributed by atoms with Crippen molar-refractivity contribution in [2.24, 2.45) is 0 Å². The van der Waals surface area contributed by atoms with Gasteiger partial charge in [-0.3, -0.25) is 9.59 Å². The van der Waals surface area contributed by atoms with Gasteiger partial charge in [-0.05, 0) is 17.9 Å². The number of hydrogen-bond donors (Lipinski definition) is 1. The van der Waals surface area contributed by atoms with Crippen molar-refractivity contribution in [2.75, 3.05) is 33.4 Å². The smallest absolute Gasteiger partial charge is 0.225 e. The Morgan fingerprint density at radius 3 is 2.80 bits per heavy atom. The zero-order chi connectivity index (χ0) is 14.8. The van der Waals surface area contributed by atoms with E-state index in [9.17, 15) is 9.59 Å². The maximum absolute atomic E-state index is 11.7. The standard InChI is InChI=1S/C14H22N2O3S/c1-12(17)16(7-4-9-19-2)8-6-15-14(18)11-13-5-3-10-20-13/h3,5,10H,4,6-9,11H2,1-2H3,(H,15,18). The van der Waals surface area contributed by atoms with Crippen molar-refractivity contribution in [2.45, 2.75) is 19.8 Å². The number of methoxy groups -OCH3 is 1. The molecule has 1 heterocycles. The number of nitrogens with one attached hydrogen (secondary N) is 1. The Labute approximate surface area is 123 Å². The average molecular weight is 298 g/mol. The minimum Gasteiger partial charge on any atom is -0.385 e. The van der Waals surface area contributed by atoms with Gasteiger partial charge < -0.3 is 15.0 Å². The Bertz CT molecular complexity index is 407. The van der Waals surface area contributed by atoms with E-state index in [-0.39, 0.29) is 11.8 Å². The number of nitrogens with zero attached hydrogens (tertiary/aromatic N) is 1. The Morgan fingerprint density at radius 2 is 2.20 bits per heavy atom. The predicted octanol–water partition coefficient (Wildman–Crippen LogP) is 1.29. The van der Waals surface area contributed by atoms with Gasteiger partial charge in [0.05, 0.1) is 6.42 Å². The van der Waals surface area contributed by atoms with Gasteiger partial charge in [0.25, 0.3) is 0 Å². The van der Waals surface area contributed by atoms with E-state index >= 15 is 0 Å². The van der Waals surface area contributed by atoms with Crippen LogP contribution >= 0.6 is 11.3 Å². The molecule has 0 radical (unpaired) electrons. The maximum atomic E-state index is 11.7. The van der Waals surface area contributed by atoms with Crippen LogP contribution in [0.15, 0.2) is 17.5 Å². The van der Waals surface area contributed by atoms with Gasteiger partial charge in [-0.2, -0.15) is 0 Å². The highest BCUT2D eigenvalue weighted by Gasteiger charge is 2.09. The van der Waals surface area contributed by atoms with E-state index in [0.717, 1.165) is 11.3 Å². The molecule has 112 valence electrons.